The Morgan fingerprint density at radius 1 is 1.46 bits per heavy atom. The smallest absolute Gasteiger partial charge is 0.253 e. The third-order valence-electron chi connectivity index (χ3n) is 4.28. The van der Waals surface area contributed by atoms with Crippen molar-refractivity contribution in [3.05, 3.63) is 28.8 Å². The SMILES string of the molecule is COc1ccc(CCNC(=O)C2(O)CCCN(C(C)=O)C2)c(Cl)c1. The zero-order chi connectivity index (χ0) is 17.7. The molecule has 0 aromatic heterocycles. The number of β-amino-alcohol motifs (C(OH)–C–C–N with tert-alkyl or cyclic N) is 1. The van der Waals surface area contributed by atoms with E-state index in [0.717, 1.165) is 5.56 Å². The van der Waals surface area contributed by atoms with Crippen LogP contribution in [0.4, 0.5) is 0 Å². The fraction of sp³-hybridized carbons (Fsp3) is 0.529. The number of aliphatic hydroxyl groups is 1. The molecule has 0 bridgehead atoms. The molecule has 1 atom stereocenters. The first kappa shape index (κ1) is 18.5. The summed E-state index contributed by atoms with van der Waals surface area (Å²) in [5.74, 6) is 0.0950. The summed E-state index contributed by atoms with van der Waals surface area (Å²) in [6.07, 6.45) is 1.50. The van der Waals surface area contributed by atoms with Crippen LogP contribution >= 0.6 is 11.6 Å². The predicted octanol–water partition coefficient (Wildman–Crippen LogP) is 1.38. The Balaban J connectivity index is 1.89. The van der Waals surface area contributed by atoms with Gasteiger partial charge in [0.05, 0.1) is 13.7 Å². The van der Waals surface area contributed by atoms with Crippen LogP contribution in [0.2, 0.25) is 5.02 Å². The van der Waals surface area contributed by atoms with E-state index in [1.54, 1.807) is 13.2 Å². The molecule has 2 rings (SSSR count). The van der Waals surface area contributed by atoms with Crippen LogP contribution in [0.1, 0.15) is 25.3 Å². The molecule has 24 heavy (non-hydrogen) atoms. The molecule has 1 saturated heterocycles. The molecule has 1 heterocycles. The van der Waals surface area contributed by atoms with Crippen molar-refractivity contribution in [2.75, 3.05) is 26.7 Å². The van der Waals surface area contributed by atoms with Gasteiger partial charge in [-0.2, -0.15) is 0 Å². The number of methoxy groups -OCH3 is 1. The molecule has 1 aliphatic heterocycles. The van der Waals surface area contributed by atoms with Crippen LogP contribution < -0.4 is 10.1 Å². The molecule has 132 valence electrons. The Labute approximate surface area is 146 Å². The summed E-state index contributed by atoms with van der Waals surface area (Å²) in [6, 6.07) is 5.38. The van der Waals surface area contributed by atoms with Gasteiger partial charge in [0.2, 0.25) is 5.91 Å². The van der Waals surface area contributed by atoms with E-state index < -0.39 is 11.5 Å². The number of nitrogens with zero attached hydrogens (tertiary/aromatic N) is 1. The highest BCUT2D eigenvalue weighted by Crippen LogP contribution is 2.23. The predicted molar refractivity (Wildman–Crippen MR) is 91.2 cm³/mol. The van der Waals surface area contributed by atoms with Gasteiger partial charge in [-0.25, -0.2) is 0 Å². The van der Waals surface area contributed by atoms with Crippen LogP contribution in [0.15, 0.2) is 18.2 Å². The average molecular weight is 355 g/mol. The third kappa shape index (κ3) is 4.39. The van der Waals surface area contributed by atoms with Crippen molar-refractivity contribution < 1.29 is 19.4 Å². The van der Waals surface area contributed by atoms with Crippen LogP contribution in [0.3, 0.4) is 0 Å². The van der Waals surface area contributed by atoms with Crippen LogP contribution in [0.5, 0.6) is 5.75 Å². The van der Waals surface area contributed by atoms with E-state index in [1.807, 2.05) is 12.1 Å². The number of piperidine rings is 1. The van der Waals surface area contributed by atoms with E-state index in [-0.39, 0.29) is 12.5 Å². The summed E-state index contributed by atoms with van der Waals surface area (Å²) in [7, 11) is 1.57. The lowest BCUT2D eigenvalue weighted by Crippen LogP contribution is -2.58. The van der Waals surface area contributed by atoms with Crippen LogP contribution in [0.25, 0.3) is 0 Å². The third-order valence-corrected chi connectivity index (χ3v) is 4.63. The molecule has 1 aromatic rings. The van der Waals surface area contributed by atoms with Gasteiger partial charge < -0.3 is 20.1 Å². The number of hydrogen-bond acceptors (Lipinski definition) is 4. The van der Waals surface area contributed by atoms with Crippen molar-refractivity contribution in [2.45, 2.75) is 31.8 Å². The molecule has 2 N–H and O–H groups in total. The van der Waals surface area contributed by atoms with Gasteiger partial charge >= 0.3 is 0 Å². The maximum atomic E-state index is 12.3. The molecule has 1 aromatic carbocycles. The Morgan fingerprint density at radius 3 is 2.83 bits per heavy atom. The van der Waals surface area contributed by atoms with Crippen molar-refractivity contribution in [3.63, 3.8) is 0 Å². The van der Waals surface area contributed by atoms with E-state index >= 15 is 0 Å². The molecule has 0 aliphatic carbocycles. The minimum absolute atomic E-state index is 0.0391. The molecule has 1 fully saturated rings. The van der Waals surface area contributed by atoms with Crippen molar-refractivity contribution in [2.24, 2.45) is 0 Å². The molecule has 1 aliphatic rings. The first-order valence-electron chi connectivity index (χ1n) is 7.94. The quantitative estimate of drug-likeness (QED) is 0.837. The maximum Gasteiger partial charge on any atom is 0.253 e. The van der Waals surface area contributed by atoms with Gasteiger partial charge in [-0.05, 0) is 37.0 Å². The Morgan fingerprint density at radius 2 is 2.21 bits per heavy atom. The van der Waals surface area contributed by atoms with Gasteiger partial charge in [-0.3, -0.25) is 9.59 Å². The van der Waals surface area contributed by atoms with Crippen molar-refractivity contribution in [3.8, 4) is 5.75 Å². The highest BCUT2D eigenvalue weighted by molar-refractivity contribution is 6.31. The second-order valence-electron chi connectivity index (χ2n) is 6.04. The number of nitrogens with one attached hydrogen (secondary N) is 1. The number of rotatable bonds is 5. The zero-order valence-electron chi connectivity index (χ0n) is 14.0. The van der Waals surface area contributed by atoms with Crippen LogP contribution in [-0.2, 0) is 16.0 Å². The lowest BCUT2D eigenvalue weighted by molar-refractivity contribution is -0.150. The lowest BCUT2D eigenvalue weighted by atomic mass is 9.91. The van der Waals surface area contributed by atoms with Crippen molar-refractivity contribution >= 4 is 23.4 Å². The normalized spacial score (nSPS) is 20.6. The highest BCUT2D eigenvalue weighted by atomic mass is 35.5. The second kappa shape index (κ2) is 7.85. The standard InChI is InChI=1S/C17H23ClN2O4/c1-12(21)20-9-3-7-17(23,11-20)16(22)19-8-6-13-4-5-14(24-2)10-15(13)18/h4-5,10,23H,3,6-9,11H2,1-2H3,(H,19,22). The molecule has 0 radical (unpaired) electrons. The number of carbonyl (C=O) groups is 2. The van der Waals surface area contributed by atoms with Gasteiger partial charge in [-0.1, -0.05) is 17.7 Å². The summed E-state index contributed by atoms with van der Waals surface area (Å²) in [5, 5.41) is 13.8. The summed E-state index contributed by atoms with van der Waals surface area (Å²) in [6.45, 7) is 2.41. The van der Waals surface area contributed by atoms with Crippen molar-refractivity contribution in [1.82, 2.24) is 10.2 Å². The van der Waals surface area contributed by atoms with E-state index in [2.05, 4.69) is 5.32 Å². The maximum absolute atomic E-state index is 12.3. The Kier molecular flexibility index (Phi) is 6.07. The Bertz CT molecular complexity index is 623. The monoisotopic (exact) mass is 354 g/mol. The minimum Gasteiger partial charge on any atom is -0.497 e. The summed E-state index contributed by atoms with van der Waals surface area (Å²) >= 11 is 6.17. The fourth-order valence-electron chi connectivity index (χ4n) is 2.82. The minimum atomic E-state index is -1.52. The van der Waals surface area contributed by atoms with E-state index in [9.17, 15) is 14.7 Å². The number of carbonyl (C=O) groups excluding carboxylic acids is 2. The number of halogens is 1. The summed E-state index contributed by atoms with van der Waals surface area (Å²) in [4.78, 5) is 25.3. The molecule has 2 amide bonds. The summed E-state index contributed by atoms with van der Waals surface area (Å²) in [5.41, 5.74) is -0.632. The number of benzene rings is 1. The van der Waals surface area contributed by atoms with Gasteiger partial charge in [0, 0.05) is 25.0 Å². The molecule has 6 nitrogen and oxygen atoms in total. The van der Waals surface area contributed by atoms with Crippen LogP contribution in [-0.4, -0.2) is 54.2 Å². The number of hydrogen-bond donors (Lipinski definition) is 2. The number of amides is 2. The largest absolute Gasteiger partial charge is 0.497 e. The topological polar surface area (TPSA) is 78.9 Å². The number of ether oxygens (including phenoxy) is 1. The van der Waals surface area contributed by atoms with E-state index in [4.69, 9.17) is 16.3 Å². The summed E-state index contributed by atoms with van der Waals surface area (Å²) < 4.78 is 5.10. The van der Waals surface area contributed by atoms with Crippen molar-refractivity contribution in [1.29, 1.82) is 0 Å². The van der Waals surface area contributed by atoms with Gasteiger partial charge in [0.25, 0.3) is 5.91 Å². The molecule has 7 heteroatoms. The number of likely N-dealkylation sites (tertiary alicyclic amines) is 1. The molecule has 0 spiro atoms. The van der Waals surface area contributed by atoms with Crippen LogP contribution in [0, 0.1) is 0 Å². The first-order valence-corrected chi connectivity index (χ1v) is 8.32. The van der Waals surface area contributed by atoms with E-state index in [0.29, 0.717) is 43.1 Å². The van der Waals surface area contributed by atoms with Gasteiger partial charge in [0.1, 0.15) is 5.75 Å². The van der Waals surface area contributed by atoms with Gasteiger partial charge in [0.15, 0.2) is 5.60 Å². The molecule has 1 unspecified atom stereocenters. The van der Waals surface area contributed by atoms with E-state index in [1.165, 1.54) is 11.8 Å². The molecular formula is C17H23ClN2O4. The molecule has 0 saturated carbocycles. The Hall–Kier alpha value is -1.79. The zero-order valence-corrected chi connectivity index (χ0v) is 14.7. The first-order chi connectivity index (χ1) is 11.4. The lowest BCUT2D eigenvalue weighted by Gasteiger charge is -2.37. The average Bonchev–Trinajstić information content (AvgIpc) is 2.56. The van der Waals surface area contributed by atoms with Gasteiger partial charge in [-0.15, -0.1) is 0 Å². The molecular weight excluding hydrogens is 332 g/mol. The highest BCUT2D eigenvalue weighted by Gasteiger charge is 2.40. The fourth-order valence-corrected chi connectivity index (χ4v) is 3.09. The second-order valence-corrected chi connectivity index (χ2v) is 6.45.